The van der Waals surface area contributed by atoms with E-state index in [9.17, 15) is 4.79 Å². The Kier molecular flexibility index (Phi) is 6.69. The first-order valence-corrected chi connectivity index (χ1v) is 7.66. The van der Waals surface area contributed by atoms with Crippen LogP contribution >= 0.6 is 0 Å². The zero-order valence-corrected chi connectivity index (χ0v) is 12.3. The fourth-order valence-corrected chi connectivity index (χ4v) is 3.09. The molecule has 0 saturated carbocycles. The predicted molar refractivity (Wildman–Crippen MR) is 76.5 cm³/mol. The number of rotatable bonds is 7. The summed E-state index contributed by atoms with van der Waals surface area (Å²) in [5.74, 6) is 0.446. The van der Waals surface area contributed by atoms with Crippen LogP contribution in [0.1, 0.15) is 59.3 Å². The van der Waals surface area contributed by atoms with Crippen molar-refractivity contribution in [3.63, 3.8) is 0 Å². The van der Waals surface area contributed by atoms with Gasteiger partial charge in [0.25, 0.3) is 0 Å². The summed E-state index contributed by atoms with van der Waals surface area (Å²) in [6, 6.07) is 0. The fourth-order valence-electron chi connectivity index (χ4n) is 3.09. The Morgan fingerprint density at radius 3 is 2.56 bits per heavy atom. The lowest BCUT2D eigenvalue weighted by molar-refractivity contribution is -0.125. The molecule has 2 N–H and O–H groups in total. The average Bonchev–Trinajstić information content (AvgIpc) is 2.39. The third-order valence-corrected chi connectivity index (χ3v) is 4.33. The number of amides is 1. The molecule has 0 bridgehead atoms. The van der Waals surface area contributed by atoms with E-state index in [4.69, 9.17) is 0 Å². The molecule has 18 heavy (non-hydrogen) atoms. The minimum Gasteiger partial charge on any atom is -0.355 e. The number of nitrogens with one attached hydrogen (secondary N) is 2. The van der Waals surface area contributed by atoms with Crippen LogP contribution in [0.15, 0.2) is 0 Å². The second-order valence-electron chi connectivity index (χ2n) is 5.76. The van der Waals surface area contributed by atoms with E-state index < -0.39 is 0 Å². The van der Waals surface area contributed by atoms with Crippen molar-refractivity contribution in [1.82, 2.24) is 10.6 Å². The van der Waals surface area contributed by atoms with Gasteiger partial charge in [-0.3, -0.25) is 4.79 Å². The van der Waals surface area contributed by atoms with Crippen molar-refractivity contribution in [2.45, 2.75) is 59.3 Å². The Labute approximate surface area is 112 Å². The van der Waals surface area contributed by atoms with Crippen LogP contribution in [0.4, 0.5) is 0 Å². The SMILES string of the molecule is CCCC1(CNC(=O)C(CC)CC)CCCNC1. The Hall–Kier alpha value is -0.570. The van der Waals surface area contributed by atoms with E-state index in [1.807, 2.05) is 0 Å². The van der Waals surface area contributed by atoms with E-state index in [0.29, 0.717) is 5.41 Å². The lowest BCUT2D eigenvalue weighted by Crippen LogP contribution is -2.48. The van der Waals surface area contributed by atoms with Gasteiger partial charge in [-0.1, -0.05) is 27.2 Å². The van der Waals surface area contributed by atoms with Crippen molar-refractivity contribution < 1.29 is 4.79 Å². The Morgan fingerprint density at radius 2 is 2.06 bits per heavy atom. The molecule has 0 aromatic rings. The normalized spacial score (nSPS) is 24.2. The fraction of sp³-hybridized carbons (Fsp3) is 0.933. The molecule has 3 heteroatoms. The zero-order valence-electron chi connectivity index (χ0n) is 12.3. The van der Waals surface area contributed by atoms with Gasteiger partial charge in [-0.25, -0.2) is 0 Å². The maximum atomic E-state index is 12.1. The van der Waals surface area contributed by atoms with Gasteiger partial charge in [0.2, 0.25) is 5.91 Å². The van der Waals surface area contributed by atoms with Crippen molar-refractivity contribution in [3.05, 3.63) is 0 Å². The van der Waals surface area contributed by atoms with E-state index in [-0.39, 0.29) is 11.8 Å². The van der Waals surface area contributed by atoms with E-state index in [1.54, 1.807) is 0 Å². The first-order valence-electron chi connectivity index (χ1n) is 7.66. The highest BCUT2D eigenvalue weighted by Crippen LogP contribution is 2.30. The van der Waals surface area contributed by atoms with Gasteiger partial charge < -0.3 is 10.6 Å². The maximum Gasteiger partial charge on any atom is 0.223 e. The molecule has 1 unspecified atom stereocenters. The number of carbonyl (C=O) groups is 1. The summed E-state index contributed by atoms with van der Waals surface area (Å²) in [7, 11) is 0. The van der Waals surface area contributed by atoms with Crippen LogP contribution < -0.4 is 10.6 Å². The summed E-state index contributed by atoms with van der Waals surface area (Å²) in [4.78, 5) is 12.1. The predicted octanol–water partition coefficient (Wildman–Crippen LogP) is 2.71. The standard InChI is InChI=1S/C15H30N2O/c1-4-8-15(9-7-10-16-11-15)12-17-14(18)13(5-2)6-3/h13,16H,4-12H2,1-3H3,(H,17,18). The molecule has 1 amide bonds. The lowest BCUT2D eigenvalue weighted by Gasteiger charge is -2.38. The van der Waals surface area contributed by atoms with E-state index >= 15 is 0 Å². The highest BCUT2D eigenvalue weighted by Gasteiger charge is 2.31. The second kappa shape index (κ2) is 7.78. The zero-order chi connectivity index (χ0) is 13.4. The van der Waals surface area contributed by atoms with Crippen LogP contribution in [0.5, 0.6) is 0 Å². The summed E-state index contributed by atoms with van der Waals surface area (Å²) < 4.78 is 0. The number of hydrogen-bond acceptors (Lipinski definition) is 2. The van der Waals surface area contributed by atoms with Gasteiger partial charge in [-0.05, 0) is 38.6 Å². The Balaban J connectivity index is 2.48. The smallest absolute Gasteiger partial charge is 0.223 e. The third kappa shape index (κ3) is 4.27. The first kappa shape index (κ1) is 15.5. The van der Waals surface area contributed by atoms with Gasteiger partial charge in [0.15, 0.2) is 0 Å². The molecule has 0 radical (unpaired) electrons. The summed E-state index contributed by atoms with van der Waals surface area (Å²) >= 11 is 0. The van der Waals surface area contributed by atoms with Gasteiger partial charge in [-0.2, -0.15) is 0 Å². The molecule has 106 valence electrons. The van der Waals surface area contributed by atoms with Crippen LogP contribution in [0.25, 0.3) is 0 Å². The summed E-state index contributed by atoms with van der Waals surface area (Å²) in [5, 5.41) is 6.69. The summed E-state index contributed by atoms with van der Waals surface area (Å²) in [6.45, 7) is 9.47. The molecule has 1 fully saturated rings. The Morgan fingerprint density at radius 1 is 1.33 bits per heavy atom. The monoisotopic (exact) mass is 254 g/mol. The lowest BCUT2D eigenvalue weighted by atomic mass is 9.77. The van der Waals surface area contributed by atoms with Crippen LogP contribution in [-0.2, 0) is 4.79 Å². The van der Waals surface area contributed by atoms with Gasteiger partial charge >= 0.3 is 0 Å². The van der Waals surface area contributed by atoms with Crippen molar-refractivity contribution in [2.75, 3.05) is 19.6 Å². The highest BCUT2D eigenvalue weighted by atomic mass is 16.1. The van der Waals surface area contributed by atoms with Crippen molar-refractivity contribution >= 4 is 5.91 Å². The quantitative estimate of drug-likeness (QED) is 0.733. The number of carbonyl (C=O) groups excluding carboxylic acids is 1. The topological polar surface area (TPSA) is 41.1 Å². The van der Waals surface area contributed by atoms with Crippen LogP contribution in [0.3, 0.4) is 0 Å². The van der Waals surface area contributed by atoms with Gasteiger partial charge in [0.1, 0.15) is 0 Å². The molecule has 1 saturated heterocycles. The molecule has 1 aliphatic rings. The minimum absolute atomic E-state index is 0.195. The molecule has 1 rings (SSSR count). The van der Waals surface area contributed by atoms with Gasteiger partial charge in [0, 0.05) is 24.4 Å². The largest absolute Gasteiger partial charge is 0.355 e. The number of hydrogen-bond donors (Lipinski definition) is 2. The highest BCUT2D eigenvalue weighted by molar-refractivity contribution is 5.78. The Bertz CT molecular complexity index is 237. The first-order chi connectivity index (χ1) is 8.67. The van der Waals surface area contributed by atoms with Crippen LogP contribution in [-0.4, -0.2) is 25.5 Å². The van der Waals surface area contributed by atoms with E-state index in [2.05, 4.69) is 31.4 Å². The maximum absolute atomic E-state index is 12.1. The molecule has 3 nitrogen and oxygen atoms in total. The van der Waals surface area contributed by atoms with Gasteiger partial charge in [0.05, 0.1) is 0 Å². The molecule has 0 spiro atoms. The van der Waals surface area contributed by atoms with Crippen molar-refractivity contribution in [2.24, 2.45) is 11.3 Å². The molecule has 0 aliphatic carbocycles. The van der Waals surface area contributed by atoms with Crippen LogP contribution in [0.2, 0.25) is 0 Å². The molecular weight excluding hydrogens is 224 g/mol. The number of piperidine rings is 1. The summed E-state index contributed by atoms with van der Waals surface area (Å²) in [5.41, 5.74) is 0.300. The summed E-state index contributed by atoms with van der Waals surface area (Å²) in [6.07, 6.45) is 6.78. The molecule has 1 atom stereocenters. The van der Waals surface area contributed by atoms with Crippen molar-refractivity contribution in [3.8, 4) is 0 Å². The molecule has 0 aromatic heterocycles. The second-order valence-corrected chi connectivity index (χ2v) is 5.76. The third-order valence-electron chi connectivity index (χ3n) is 4.33. The van der Waals surface area contributed by atoms with E-state index in [0.717, 1.165) is 32.5 Å². The van der Waals surface area contributed by atoms with Gasteiger partial charge in [-0.15, -0.1) is 0 Å². The molecule has 1 aliphatic heterocycles. The minimum atomic E-state index is 0.195. The molecule has 1 heterocycles. The molecule has 0 aromatic carbocycles. The van der Waals surface area contributed by atoms with Crippen molar-refractivity contribution in [1.29, 1.82) is 0 Å². The molecular formula is C15H30N2O. The average molecular weight is 254 g/mol. The van der Waals surface area contributed by atoms with E-state index in [1.165, 1.54) is 25.7 Å². The van der Waals surface area contributed by atoms with Crippen LogP contribution in [0, 0.1) is 11.3 Å².